The van der Waals surface area contributed by atoms with Gasteiger partial charge in [-0.15, -0.1) is 0 Å². The zero-order valence-electron chi connectivity index (χ0n) is 13.4. The molecular formula is C19H19BrN2O2. The summed E-state index contributed by atoms with van der Waals surface area (Å²) in [6, 6.07) is 17.0. The fraction of sp³-hybridized carbons (Fsp3) is 0.263. The van der Waals surface area contributed by atoms with Crippen LogP contribution in [-0.2, 0) is 9.59 Å². The first-order valence-electron chi connectivity index (χ1n) is 7.93. The molecule has 0 aromatic heterocycles. The Hall–Kier alpha value is -2.14. The Morgan fingerprint density at radius 1 is 1.17 bits per heavy atom. The maximum atomic E-state index is 12.9. The first-order chi connectivity index (χ1) is 11.6. The number of piperidine rings is 1. The summed E-state index contributed by atoms with van der Waals surface area (Å²) in [6.45, 7) is 0. The average molecular weight is 387 g/mol. The molecule has 2 aromatic carbocycles. The summed E-state index contributed by atoms with van der Waals surface area (Å²) in [5, 5.41) is 2.98. The standard InChI is InChI=1S/C19H19BrN2O2/c1-22-17(23)11-10-16(18(22)13-6-3-2-4-7-13)19(24)21-15-9-5-8-14(20)12-15/h2-9,12,16,18H,10-11H2,1H3,(H,21,24)/t16-,18+/m1/s1. The van der Waals surface area contributed by atoms with E-state index in [0.717, 1.165) is 15.7 Å². The van der Waals surface area contributed by atoms with Crippen molar-refractivity contribution in [2.75, 3.05) is 12.4 Å². The number of carbonyl (C=O) groups excluding carboxylic acids is 2. The largest absolute Gasteiger partial charge is 0.338 e. The molecule has 1 N–H and O–H groups in total. The third kappa shape index (κ3) is 3.51. The van der Waals surface area contributed by atoms with Gasteiger partial charge in [-0.1, -0.05) is 52.3 Å². The number of hydrogen-bond acceptors (Lipinski definition) is 2. The van der Waals surface area contributed by atoms with Crippen molar-refractivity contribution in [1.29, 1.82) is 0 Å². The summed E-state index contributed by atoms with van der Waals surface area (Å²) in [7, 11) is 1.78. The molecule has 0 spiro atoms. The minimum absolute atomic E-state index is 0.0543. The van der Waals surface area contributed by atoms with Gasteiger partial charge in [0, 0.05) is 23.6 Å². The molecule has 124 valence electrons. The van der Waals surface area contributed by atoms with E-state index < -0.39 is 0 Å². The monoisotopic (exact) mass is 386 g/mol. The molecule has 0 saturated carbocycles. The van der Waals surface area contributed by atoms with Crippen LogP contribution in [0.4, 0.5) is 5.69 Å². The highest BCUT2D eigenvalue weighted by Crippen LogP contribution is 2.36. The Bertz CT molecular complexity index is 748. The Kier molecular flexibility index (Phi) is 5.00. The van der Waals surface area contributed by atoms with Crippen molar-refractivity contribution in [1.82, 2.24) is 4.90 Å². The van der Waals surface area contributed by atoms with Crippen LogP contribution in [-0.4, -0.2) is 23.8 Å². The van der Waals surface area contributed by atoms with Crippen LogP contribution in [0, 0.1) is 5.92 Å². The summed E-state index contributed by atoms with van der Waals surface area (Å²) in [6.07, 6.45) is 0.957. The minimum Gasteiger partial charge on any atom is -0.338 e. The number of benzene rings is 2. The first kappa shape index (κ1) is 16.7. The van der Waals surface area contributed by atoms with Gasteiger partial charge >= 0.3 is 0 Å². The lowest BCUT2D eigenvalue weighted by Gasteiger charge is -2.38. The predicted molar refractivity (Wildman–Crippen MR) is 97.4 cm³/mol. The molecule has 2 aromatic rings. The molecule has 24 heavy (non-hydrogen) atoms. The highest BCUT2D eigenvalue weighted by Gasteiger charge is 2.38. The number of likely N-dealkylation sites (tertiary alicyclic amines) is 1. The van der Waals surface area contributed by atoms with Crippen molar-refractivity contribution < 1.29 is 9.59 Å². The summed E-state index contributed by atoms with van der Waals surface area (Å²) in [4.78, 5) is 26.7. The molecule has 0 aliphatic carbocycles. The molecule has 1 heterocycles. The molecule has 0 unspecified atom stereocenters. The second-order valence-electron chi connectivity index (χ2n) is 6.00. The number of nitrogens with one attached hydrogen (secondary N) is 1. The van der Waals surface area contributed by atoms with Crippen molar-refractivity contribution >= 4 is 33.4 Å². The van der Waals surface area contributed by atoms with Gasteiger partial charge in [-0.3, -0.25) is 9.59 Å². The number of halogens is 1. The van der Waals surface area contributed by atoms with E-state index in [1.807, 2.05) is 54.6 Å². The maximum absolute atomic E-state index is 12.9. The molecule has 2 atom stereocenters. The maximum Gasteiger partial charge on any atom is 0.229 e. The van der Waals surface area contributed by atoms with Crippen LogP contribution >= 0.6 is 15.9 Å². The lowest BCUT2D eigenvalue weighted by Crippen LogP contribution is -2.44. The smallest absolute Gasteiger partial charge is 0.229 e. The van der Waals surface area contributed by atoms with Crippen LogP contribution in [0.25, 0.3) is 0 Å². The highest BCUT2D eigenvalue weighted by molar-refractivity contribution is 9.10. The zero-order valence-corrected chi connectivity index (χ0v) is 15.0. The fourth-order valence-electron chi connectivity index (χ4n) is 3.22. The number of carbonyl (C=O) groups is 2. The van der Waals surface area contributed by atoms with E-state index in [0.29, 0.717) is 12.8 Å². The van der Waals surface area contributed by atoms with Crippen molar-refractivity contribution in [3.05, 3.63) is 64.6 Å². The normalized spacial score (nSPS) is 20.8. The number of anilines is 1. The van der Waals surface area contributed by atoms with Crippen LogP contribution < -0.4 is 5.32 Å². The molecule has 1 aliphatic rings. The van der Waals surface area contributed by atoms with E-state index in [4.69, 9.17) is 0 Å². The van der Waals surface area contributed by atoms with Gasteiger partial charge in [-0.05, 0) is 30.2 Å². The lowest BCUT2D eigenvalue weighted by atomic mass is 9.84. The number of nitrogens with zero attached hydrogens (tertiary/aromatic N) is 1. The summed E-state index contributed by atoms with van der Waals surface area (Å²) in [5.74, 6) is -0.245. The number of rotatable bonds is 3. The van der Waals surface area contributed by atoms with Gasteiger partial charge in [-0.25, -0.2) is 0 Å². The molecule has 0 radical (unpaired) electrons. The van der Waals surface area contributed by atoms with Crippen LogP contribution in [0.1, 0.15) is 24.4 Å². The van der Waals surface area contributed by atoms with Crippen molar-refractivity contribution in [2.45, 2.75) is 18.9 Å². The quantitative estimate of drug-likeness (QED) is 0.866. The van der Waals surface area contributed by atoms with E-state index in [1.165, 1.54) is 0 Å². The lowest BCUT2D eigenvalue weighted by molar-refractivity contribution is -0.140. The van der Waals surface area contributed by atoms with Crippen molar-refractivity contribution in [3.8, 4) is 0 Å². The number of amides is 2. The summed E-state index contributed by atoms with van der Waals surface area (Å²) >= 11 is 3.41. The molecule has 4 nitrogen and oxygen atoms in total. The molecule has 3 rings (SSSR count). The Morgan fingerprint density at radius 3 is 2.62 bits per heavy atom. The predicted octanol–water partition coefficient (Wildman–Crippen LogP) is 4.00. The van der Waals surface area contributed by atoms with E-state index in [2.05, 4.69) is 21.2 Å². The van der Waals surface area contributed by atoms with Gasteiger partial charge in [0.2, 0.25) is 11.8 Å². The highest BCUT2D eigenvalue weighted by atomic mass is 79.9. The van der Waals surface area contributed by atoms with Crippen molar-refractivity contribution in [3.63, 3.8) is 0 Å². The minimum atomic E-state index is -0.269. The molecule has 1 fully saturated rings. The van der Waals surface area contributed by atoms with Crippen LogP contribution in [0.15, 0.2) is 59.1 Å². The number of hydrogen-bond donors (Lipinski definition) is 1. The van der Waals surface area contributed by atoms with Gasteiger partial charge in [0.05, 0.1) is 12.0 Å². The molecule has 1 aliphatic heterocycles. The van der Waals surface area contributed by atoms with Crippen LogP contribution in [0.3, 0.4) is 0 Å². The van der Waals surface area contributed by atoms with Gasteiger partial charge in [-0.2, -0.15) is 0 Å². The zero-order chi connectivity index (χ0) is 17.1. The molecule has 1 saturated heterocycles. The molecule has 0 bridgehead atoms. The Morgan fingerprint density at radius 2 is 1.92 bits per heavy atom. The van der Waals surface area contributed by atoms with Crippen LogP contribution in [0.2, 0.25) is 0 Å². The summed E-state index contributed by atoms with van der Waals surface area (Å²) in [5.41, 5.74) is 1.74. The molecular weight excluding hydrogens is 368 g/mol. The van der Waals surface area contributed by atoms with Gasteiger partial charge in [0.1, 0.15) is 0 Å². The SMILES string of the molecule is CN1C(=O)CC[C@@H](C(=O)Nc2cccc(Br)c2)[C@@H]1c1ccccc1. The third-order valence-corrected chi connectivity index (χ3v) is 4.92. The van der Waals surface area contributed by atoms with Gasteiger partial charge < -0.3 is 10.2 Å². The summed E-state index contributed by atoms with van der Waals surface area (Å²) < 4.78 is 0.913. The average Bonchev–Trinajstić information content (AvgIpc) is 2.58. The Labute approximate surface area is 150 Å². The van der Waals surface area contributed by atoms with Crippen LogP contribution in [0.5, 0.6) is 0 Å². The van der Waals surface area contributed by atoms with Gasteiger partial charge in [0.25, 0.3) is 0 Å². The second-order valence-corrected chi connectivity index (χ2v) is 6.92. The second kappa shape index (κ2) is 7.18. The van der Waals surface area contributed by atoms with E-state index in [-0.39, 0.29) is 23.8 Å². The van der Waals surface area contributed by atoms with Gasteiger partial charge in [0.15, 0.2) is 0 Å². The first-order valence-corrected chi connectivity index (χ1v) is 8.72. The van der Waals surface area contributed by atoms with E-state index >= 15 is 0 Å². The van der Waals surface area contributed by atoms with Crippen molar-refractivity contribution in [2.24, 2.45) is 5.92 Å². The van der Waals surface area contributed by atoms with E-state index in [1.54, 1.807) is 11.9 Å². The van der Waals surface area contributed by atoms with E-state index in [9.17, 15) is 9.59 Å². The molecule has 5 heteroatoms. The molecule has 2 amide bonds. The fourth-order valence-corrected chi connectivity index (χ4v) is 3.62. The topological polar surface area (TPSA) is 49.4 Å². The third-order valence-electron chi connectivity index (χ3n) is 4.43. The Balaban J connectivity index is 1.86.